The van der Waals surface area contributed by atoms with Crippen LogP contribution in [-0.2, 0) is 11.3 Å². The van der Waals surface area contributed by atoms with Gasteiger partial charge in [0.2, 0.25) is 0 Å². The van der Waals surface area contributed by atoms with Crippen LogP contribution in [0.4, 0.5) is 0 Å². The van der Waals surface area contributed by atoms with Gasteiger partial charge in [0.25, 0.3) is 0 Å². The van der Waals surface area contributed by atoms with E-state index in [0.29, 0.717) is 29.2 Å². The predicted octanol–water partition coefficient (Wildman–Crippen LogP) is 2.99. The number of hydrogen-bond acceptors (Lipinski definition) is 5. The van der Waals surface area contributed by atoms with Crippen LogP contribution in [0.25, 0.3) is 21.7 Å². The molecule has 1 heterocycles. The number of hydrogen-bond donors (Lipinski definition) is 3. The van der Waals surface area contributed by atoms with E-state index in [0.717, 1.165) is 5.39 Å². The first kappa shape index (κ1) is 17.0. The first-order chi connectivity index (χ1) is 12.0. The normalized spacial score (nSPS) is 12.5. The second-order valence-corrected chi connectivity index (χ2v) is 5.94. The largest absolute Gasteiger partial charge is 0.507 e. The fourth-order valence-corrected chi connectivity index (χ4v) is 2.99. The molecule has 130 valence electrons. The molecule has 0 aliphatic heterocycles. The van der Waals surface area contributed by atoms with Gasteiger partial charge in [-0.3, -0.25) is 4.79 Å². The lowest BCUT2D eigenvalue weighted by molar-refractivity contribution is -0.139. The molecule has 3 N–H and O–H groups in total. The Bertz CT molecular complexity index is 992. The Labute approximate surface area is 143 Å². The summed E-state index contributed by atoms with van der Waals surface area (Å²) in [7, 11) is 0. The van der Waals surface area contributed by atoms with Gasteiger partial charge in [-0.25, -0.2) is 4.79 Å². The van der Waals surface area contributed by atoms with E-state index in [2.05, 4.69) is 5.32 Å². The van der Waals surface area contributed by atoms with Crippen molar-refractivity contribution in [2.24, 2.45) is 0 Å². The number of fused-ring (bicyclic) bond motifs is 3. The molecule has 1 aromatic heterocycles. The fourth-order valence-electron chi connectivity index (χ4n) is 2.99. The zero-order chi connectivity index (χ0) is 18.0. The number of benzene rings is 2. The predicted molar refractivity (Wildman–Crippen MR) is 94.8 cm³/mol. The number of aliphatic carboxylic acids is 1. The van der Waals surface area contributed by atoms with E-state index >= 15 is 0 Å². The van der Waals surface area contributed by atoms with Gasteiger partial charge < -0.3 is 19.9 Å². The molecule has 6 nitrogen and oxygen atoms in total. The molecule has 0 radical (unpaired) electrons. The van der Waals surface area contributed by atoms with Crippen LogP contribution in [0.2, 0.25) is 0 Å². The maximum atomic E-state index is 12.2. The second kappa shape index (κ2) is 6.94. The van der Waals surface area contributed by atoms with Crippen LogP contribution in [0, 0.1) is 0 Å². The molecule has 0 spiro atoms. The van der Waals surface area contributed by atoms with Crippen molar-refractivity contribution in [3.05, 3.63) is 52.4 Å². The lowest BCUT2D eigenvalue weighted by Gasteiger charge is -2.15. The molecular weight excluding hydrogens is 322 g/mol. The van der Waals surface area contributed by atoms with Gasteiger partial charge in [0.1, 0.15) is 17.4 Å². The van der Waals surface area contributed by atoms with Gasteiger partial charge in [-0.2, -0.15) is 0 Å². The molecule has 0 aliphatic rings. The topological polar surface area (TPSA) is 99.8 Å². The first-order valence-corrected chi connectivity index (χ1v) is 8.15. The van der Waals surface area contributed by atoms with Crippen molar-refractivity contribution in [3.8, 4) is 5.75 Å². The summed E-state index contributed by atoms with van der Waals surface area (Å²) in [6.45, 7) is 1.99. The highest BCUT2D eigenvalue weighted by molar-refractivity contribution is 6.05. The molecule has 3 aromatic rings. The van der Waals surface area contributed by atoms with E-state index < -0.39 is 17.6 Å². The molecule has 6 heteroatoms. The third-order valence-corrected chi connectivity index (χ3v) is 4.27. The van der Waals surface area contributed by atoms with Gasteiger partial charge in [-0.1, -0.05) is 31.5 Å². The monoisotopic (exact) mass is 341 g/mol. The Hall–Kier alpha value is -2.86. The summed E-state index contributed by atoms with van der Waals surface area (Å²) in [6, 6.07) is 9.59. The second-order valence-electron chi connectivity index (χ2n) is 5.94. The highest BCUT2D eigenvalue weighted by Crippen LogP contribution is 2.30. The standard InChI is InChI=1S/C19H19NO5/c1-2-5-15(18(22)23)20-10-14-16(21)9-8-12-11-6-3-4-7-13(11)19(24)25-17(12)14/h3-4,6-9,15,20-21H,2,5,10H2,1H3,(H,22,23)/t15-/m1/s1. The molecule has 3 rings (SSSR count). The number of carboxylic acids is 1. The van der Waals surface area contributed by atoms with Gasteiger partial charge in [-0.15, -0.1) is 0 Å². The Morgan fingerprint density at radius 2 is 1.88 bits per heavy atom. The molecule has 0 fully saturated rings. The Morgan fingerprint density at radius 3 is 2.56 bits per heavy atom. The Balaban J connectivity index is 2.10. The SMILES string of the molecule is CCC[C@@H](NCc1c(O)ccc2c1oc(=O)c1ccccc12)C(=O)O. The number of phenols is 1. The molecule has 0 bridgehead atoms. The molecule has 1 atom stereocenters. The first-order valence-electron chi connectivity index (χ1n) is 8.15. The van der Waals surface area contributed by atoms with E-state index in [1.165, 1.54) is 6.07 Å². The van der Waals surface area contributed by atoms with Gasteiger partial charge >= 0.3 is 11.6 Å². The fraction of sp³-hybridized carbons (Fsp3) is 0.263. The third-order valence-electron chi connectivity index (χ3n) is 4.27. The summed E-state index contributed by atoms with van der Waals surface area (Å²) in [5, 5.41) is 24.3. The lowest BCUT2D eigenvalue weighted by atomic mass is 10.0. The summed E-state index contributed by atoms with van der Waals surface area (Å²) in [5.74, 6) is -0.993. The Kier molecular flexibility index (Phi) is 4.72. The van der Waals surface area contributed by atoms with Crippen LogP contribution in [-0.4, -0.2) is 22.2 Å². The smallest absolute Gasteiger partial charge is 0.344 e. The lowest BCUT2D eigenvalue weighted by Crippen LogP contribution is -2.36. The zero-order valence-electron chi connectivity index (χ0n) is 13.8. The number of aromatic hydroxyl groups is 1. The third kappa shape index (κ3) is 3.21. The minimum atomic E-state index is -0.950. The van der Waals surface area contributed by atoms with Gasteiger partial charge in [0.05, 0.1) is 10.9 Å². The van der Waals surface area contributed by atoms with Crippen LogP contribution < -0.4 is 10.9 Å². The van der Waals surface area contributed by atoms with Crippen molar-refractivity contribution in [2.75, 3.05) is 0 Å². The van der Waals surface area contributed by atoms with Crippen LogP contribution in [0.15, 0.2) is 45.6 Å². The molecular formula is C19H19NO5. The van der Waals surface area contributed by atoms with E-state index in [1.54, 1.807) is 18.2 Å². The molecule has 0 saturated heterocycles. The van der Waals surface area contributed by atoms with Crippen molar-refractivity contribution in [1.29, 1.82) is 0 Å². The summed E-state index contributed by atoms with van der Waals surface area (Å²) in [4.78, 5) is 23.5. The molecule has 0 aliphatic carbocycles. The van der Waals surface area contributed by atoms with E-state index in [9.17, 15) is 19.8 Å². The van der Waals surface area contributed by atoms with E-state index in [-0.39, 0.29) is 17.9 Å². The van der Waals surface area contributed by atoms with Crippen LogP contribution in [0.1, 0.15) is 25.3 Å². The van der Waals surface area contributed by atoms with Crippen molar-refractivity contribution < 1.29 is 19.4 Å². The Morgan fingerprint density at radius 1 is 1.16 bits per heavy atom. The number of nitrogens with one attached hydrogen (secondary N) is 1. The van der Waals surface area contributed by atoms with Gasteiger partial charge in [-0.05, 0) is 30.0 Å². The molecule has 25 heavy (non-hydrogen) atoms. The van der Waals surface area contributed by atoms with Crippen molar-refractivity contribution in [3.63, 3.8) is 0 Å². The molecule has 0 saturated carbocycles. The van der Waals surface area contributed by atoms with Crippen molar-refractivity contribution >= 4 is 27.7 Å². The van der Waals surface area contributed by atoms with E-state index in [4.69, 9.17) is 4.42 Å². The van der Waals surface area contributed by atoms with Crippen molar-refractivity contribution in [2.45, 2.75) is 32.4 Å². The van der Waals surface area contributed by atoms with Crippen molar-refractivity contribution in [1.82, 2.24) is 5.32 Å². The number of rotatable bonds is 6. The summed E-state index contributed by atoms with van der Waals surface area (Å²) < 4.78 is 5.44. The highest BCUT2D eigenvalue weighted by atomic mass is 16.4. The number of carbonyl (C=O) groups is 1. The number of phenolic OH excluding ortho intramolecular Hbond substituents is 1. The average Bonchev–Trinajstić information content (AvgIpc) is 2.60. The molecule has 0 amide bonds. The zero-order valence-corrected chi connectivity index (χ0v) is 13.8. The van der Waals surface area contributed by atoms with Crippen LogP contribution in [0.3, 0.4) is 0 Å². The van der Waals surface area contributed by atoms with Gasteiger partial charge in [0.15, 0.2) is 0 Å². The molecule has 0 unspecified atom stereocenters. The average molecular weight is 341 g/mol. The quantitative estimate of drug-likeness (QED) is 0.471. The number of carboxylic acid groups (broad SMARTS) is 1. The molecule has 2 aromatic carbocycles. The van der Waals surface area contributed by atoms with Crippen LogP contribution >= 0.6 is 0 Å². The highest BCUT2D eigenvalue weighted by Gasteiger charge is 2.19. The summed E-state index contributed by atoms with van der Waals surface area (Å²) >= 11 is 0. The minimum absolute atomic E-state index is 0.0425. The van der Waals surface area contributed by atoms with Crippen LogP contribution in [0.5, 0.6) is 5.75 Å². The van der Waals surface area contributed by atoms with Gasteiger partial charge in [0, 0.05) is 11.9 Å². The maximum absolute atomic E-state index is 12.2. The summed E-state index contributed by atoms with van der Waals surface area (Å²) in [5.41, 5.74) is 0.165. The minimum Gasteiger partial charge on any atom is -0.507 e. The van der Waals surface area contributed by atoms with E-state index in [1.807, 2.05) is 19.1 Å². The maximum Gasteiger partial charge on any atom is 0.344 e. The summed E-state index contributed by atoms with van der Waals surface area (Å²) in [6.07, 6.45) is 1.18.